The van der Waals surface area contributed by atoms with Crippen LogP contribution in [0, 0.1) is 13.8 Å². The number of aryl methyl sites for hydroxylation is 3. The van der Waals surface area contributed by atoms with Crippen molar-refractivity contribution >= 4 is 21.6 Å². The van der Waals surface area contributed by atoms with E-state index in [0.717, 1.165) is 30.9 Å². The van der Waals surface area contributed by atoms with E-state index >= 15 is 0 Å². The Bertz CT molecular complexity index is 619. The van der Waals surface area contributed by atoms with E-state index in [4.69, 9.17) is 0 Å². The number of aromatic amines is 1. The summed E-state index contributed by atoms with van der Waals surface area (Å²) in [6.45, 7) is 5.63. The number of nitrogens with zero attached hydrogens (tertiary/aromatic N) is 3. The molecule has 102 valence electrons. The molecule has 2 heterocycles. The normalized spacial score (nSPS) is 10.7. The molecule has 7 heteroatoms. The van der Waals surface area contributed by atoms with Gasteiger partial charge in [0, 0.05) is 18.8 Å². The number of hydrogen-bond acceptors (Lipinski definition) is 4. The van der Waals surface area contributed by atoms with Crippen molar-refractivity contribution in [3.05, 3.63) is 38.5 Å². The van der Waals surface area contributed by atoms with Crippen LogP contribution in [0.15, 0.2) is 21.5 Å². The number of nitrogens with one attached hydrogen (secondary N) is 2. The van der Waals surface area contributed by atoms with Crippen molar-refractivity contribution in [2.45, 2.75) is 26.8 Å². The average molecular weight is 326 g/mol. The molecule has 0 saturated carbocycles. The van der Waals surface area contributed by atoms with Crippen LogP contribution in [0.25, 0.3) is 0 Å². The molecule has 2 rings (SSSR count). The lowest BCUT2D eigenvalue weighted by molar-refractivity contribution is 0.573. The topological polar surface area (TPSA) is 75.6 Å². The molecule has 0 amide bonds. The second kappa shape index (κ2) is 6.01. The molecule has 0 aliphatic rings. The predicted molar refractivity (Wildman–Crippen MR) is 77.4 cm³/mol. The molecule has 2 aromatic rings. The molecule has 0 aliphatic carbocycles. The van der Waals surface area contributed by atoms with Crippen molar-refractivity contribution in [3.8, 4) is 0 Å². The second-order valence-corrected chi connectivity index (χ2v) is 5.15. The zero-order valence-electron chi connectivity index (χ0n) is 10.9. The molecule has 0 unspecified atom stereocenters. The smallest absolute Gasteiger partial charge is 0.280 e. The van der Waals surface area contributed by atoms with E-state index in [-0.39, 0.29) is 5.56 Å². The molecule has 0 fully saturated rings. The molecule has 19 heavy (non-hydrogen) atoms. The Labute approximate surface area is 119 Å². The predicted octanol–water partition coefficient (Wildman–Crippen LogP) is 1.85. The summed E-state index contributed by atoms with van der Waals surface area (Å²) in [6.07, 6.45) is 2.51. The van der Waals surface area contributed by atoms with Gasteiger partial charge in [0.25, 0.3) is 5.56 Å². The third-order valence-electron chi connectivity index (χ3n) is 2.76. The Balaban J connectivity index is 1.86. The lowest BCUT2D eigenvalue weighted by Gasteiger charge is -2.08. The van der Waals surface area contributed by atoms with Crippen molar-refractivity contribution in [1.29, 1.82) is 0 Å². The molecular weight excluding hydrogens is 310 g/mol. The molecule has 0 aromatic carbocycles. The fraction of sp³-hybridized carbons (Fsp3) is 0.417. The highest BCUT2D eigenvalue weighted by Gasteiger charge is 2.04. The van der Waals surface area contributed by atoms with Gasteiger partial charge in [-0.25, -0.2) is 5.10 Å². The maximum absolute atomic E-state index is 11.3. The molecule has 0 radical (unpaired) electrons. The first-order valence-electron chi connectivity index (χ1n) is 6.06. The van der Waals surface area contributed by atoms with Crippen LogP contribution in [0.5, 0.6) is 0 Å². The average Bonchev–Trinajstić information content (AvgIpc) is 2.68. The number of H-pyrrole nitrogens is 1. The molecule has 0 bridgehead atoms. The molecule has 0 saturated heterocycles. The van der Waals surface area contributed by atoms with Crippen LogP contribution in [0.2, 0.25) is 0 Å². The van der Waals surface area contributed by atoms with Crippen LogP contribution < -0.4 is 10.9 Å². The molecule has 2 N–H and O–H groups in total. The van der Waals surface area contributed by atoms with Gasteiger partial charge in [-0.05, 0) is 42.3 Å². The van der Waals surface area contributed by atoms with E-state index in [0.29, 0.717) is 10.2 Å². The van der Waals surface area contributed by atoms with Crippen LogP contribution >= 0.6 is 15.9 Å². The standard InChI is InChI=1S/C12H16BrN5O/c1-8-6-9(2)18(17-8)5-3-4-14-10-7-15-16-12(19)11(10)13/h6-7H,3-5H2,1-2H3,(H2,14,16,19). The number of anilines is 1. The quantitative estimate of drug-likeness (QED) is 0.822. The Morgan fingerprint density at radius 1 is 1.47 bits per heavy atom. The number of aromatic nitrogens is 4. The molecule has 0 spiro atoms. The van der Waals surface area contributed by atoms with Gasteiger partial charge in [-0.15, -0.1) is 0 Å². The summed E-state index contributed by atoms with van der Waals surface area (Å²) < 4.78 is 2.47. The lowest BCUT2D eigenvalue weighted by Crippen LogP contribution is -2.14. The van der Waals surface area contributed by atoms with E-state index in [1.165, 1.54) is 0 Å². The van der Waals surface area contributed by atoms with Crippen LogP contribution in [0.1, 0.15) is 17.8 Å². The van der Waals surface area contributed by atoms with E-state index in [2.05, 4.69) is 42.6 Å². The first-order valence-corrected chi connectivity index (χ1v) is 6.85. The van der Waals surface area contributed by atoms with Crippen molar-refractivity contribution in [2.75, 3.05) is 11.9 Å². The van der Waals surface area contributed by atoms with Crippen molar-refractivity contribution in [1.82, 2.24) is 20.0 Å². The minimum Gasteiger partial charge on any atom is -0.383 e. The lowest BCUT2D eigenvalue weighted by atomic mass is 10.3. The fourth-order valence-corrected chi connectivity index (χ4v) is 2.19. The molecule has 0 aliphatic heterocycles. The SMILES string of the molecule is Cc1cc(C)n(CCCNc2cn[nH]c(=O)c2Br)n1. The van der Waals surface area contributed by atoms with Gasteiger partial charge in [-0.2, -0.15) is 10.2 Å². The Kier molecular flexibility index (Phi) is 4.36. The summed E-state index contributed by atoms with van der Waals surface area (Å²) in [4.78, 5) is 11.3. The highest BCUT2D eigenvalue weighted by molar-refractivity contribution is 9.10. The van der Waals surface area contributed by atoms with Crippen molar-refractivity contribution in [2.24, 2.45) is 0 Å². The maximum atomic E-state index is 11.3. The van der Waals surface area contributed by atoms with Gasteiger partial charge in [-0.3, -0.25) is 9.48 Å². The zero-order valence-corrected chi connectivity index (χ0v) is 12.5. The van der Waals surface area contributed by atoms with Gasteiger partial charge in [0.2, 0.25) is 0 Å². The Morgan fingerprint density at radius 2 is 2.26 bits per heavy atom. The summed E-state index contributed by atoms with van der Waals surface area (Å²) in [5.41, 5.74) is 2.67. The van der Waals surface area contributed by atoms with E-state index < -0.39 is 0 Å². The van der Waals surface area contributed by atoms with E-state index in [9.17, 15) is 4.79 Å². The monoisotopic (exact) mass is 325 g/mol. The Morgan fingerprint density at radius 3 is 2.95 bits per heavy atom. The maximum Gasteiger partial charge on any atom is 0.280 e. The van der Waals surface area contributed by atoms with Gasteiger partial charge in [0.1, 0.15) is 4.47 Å². The summed E-state index contributed by atoms with van der Waals surface area (Å²) in [7, 11) is 0. The van der Waals surface area contributed by atoms with E-state index in [1.807, 2.05) is 18.5 Å². The highest BCUT2D eigenvalue weighted by atomic mass is 79.9. The summed E-state index contributed by atoms with van der Waals surface area (Å²) in [6, 6.07) is 2.06. The molecule has 0 atom stereocenters. The van der Waals surface area contributed by atoms with Crippen LogP contribution in [0.3, 0.4) is 0 Å². The summed E-state index contributed by atoms with van der Waals surface area (Å²) in [5.74, 6) is 0. The molecular formula is C12H16BrN5O. The van der Waals surface area contributed by atoms with Gasteiger partial charge in [0.05, 0.1) is 17.6 Å². The minimum absolute atomic E-state index is 0.233. The Hall–Kier alpha value is -1.63. The van der Waals surface area contributed by atoms with Crippen LogP contribution in [-0.4, -0.2) is 26.5 Å². The minimum atomic E-state index is -0.233. The first kappa shape index (κ1) is 13.8. The third kappa shape index (κ3) is 3.44. The largest absolute Gasteiger partial charge is 0.383 e. The number of rotatable bonds is 5. The third-order valence-corrected chi connectivity index (χ3v) is 3.55. The fourth-order valence-electron chi connectivity index (χ4n) is 1.86. The number of halogens is 1. The number of hydrogen-bond donors (Lipinski definition) is 2. The van der Waals surface area contributed by atoms with Crippen molar-refractivity contribution < 1.29 is 0 Å². The van der Waals surface area contributed by atoms with Crippen LogP contribution in [-0.2, 0) is 6.54 Å². The van der Waals surface area contributed by atoms with Gasteiger partial charge in [-0.1, -0.05) is 0 Å². The summed E-state index contributed by atoms with van der Waals surface area (Å²) in [5, 5.41) is 13.7. The summed E-state index contributed by atoms with van der Waals surface area (Å²) >= 11 is 3.23. The van der Waals surface area contributed by atoms with Gasteiger partial charge < -0.3 is 5.32 Å². The van der Waals surface area contributed by atoms with Gasteiger partial charge in [0.15, 0.2) is 0 Å². The highest BCUT2D eigenvalue weighted by Crippen LogP contribution is 2.15. The second-order valence-electron chi connectivity index (χ2n) is 4.36. The van der Waals surface area contributed by atoms with Gasteiger partial charge >= 0.3 is 0 Å². The zero-order chi connectivity index (χ0) is 13.8. The van der Waals surface area contributed by atoms with Crippen LogP contribution in [0.4, 0.5) is 5.69 Å². The first-order chi connectivity index (χ1) is 9.08. The van der Waals surface area contributed by atoms with E-state index in [1.54, 1.807) is 6.20 Å². The molecule has 6 nitrogen and oxygen atoms in total. The molecule has 2 aromatic heterocycles. The van der Waals surface area contributed by atoms with Crippen molar-refractivity contribution in [3.63, 3.8) is 0 Å².